The predicted octanol–water partition coefficient (Wildman–Crippen LogP) is 5.80. The summed E-state index contributed by atoms with van der Waals surface area (Å²) in [7, 11) is 0. The van der Waals surface area contributed by atoms with E-state index in [1.54, 1.807) is 12.1 Å². The van der Waals surface area contributed by atoms with Gasteiger partial charge in [-0.05, 0) is 48.1 Å². The Morgan fingerprint density at radius 3 is 2.35 bits per heavy atom. The lowest BCUT2D eigenvalue weighted by atomic mass is 9.60. The van der Waals surface area contributed by atoms with Gasteiger partial charge in [0.2, 0.25) is 0 Å². The van der Waals surface area contributed by atoms with E-state index in [-0.39, 0.29) is 11.0 Å². The molecule has 0 heterocycles. The standard InChI is InChI=1S/C18H26F2/c1-5-13-9-16(10-13)17(2,3)12-14-7-6-8-15(11-14)18(4,19)20/h6-8,11,13,16H,5,9-10,12H2,1-4H3. The Hall–Kier alpha value is -0.920. The molecule has 1 aliphatic rings. The van der Waals surface area contributed by atoms with E-state index >= 15 is 0 Å². The Morgan fingerprint density at radius 1 is 1.15 bits per heavy atom. The smallest absolute Gasteiger partial charge is 0.202 e. The number of hydrogen-bond donors (Lipinski definition) is 0. The van der Waals surface area contributed by atoms with Crippen LogP contribution in [0.2, 0.25) is 0 Å². The molecular weight excluding hydrogens is 254 g/mol. The maximum atomic E-state index is 13.4. The van der Waals surface area contributed by atoms with E-state index in [4.69, 9.17) is 0 Å². The maximum absolute atomic E-state index is 13.4. The van der Waals surface area contributed by atoms with Crippen LogP contribution in [0.1, 0.15) is 58.1 Å². The summed E-state index contributed by atoms with van der Waals surface area (Å²) < 4.78 is 26.8. The predicted molar refractivity (Wildman–Crippen MR) is 80.0 cm³/mol. The summed E-state index contributed by atoms with van der Waals surface area (Å²) in [6.07, 6.45) is 4.75. The van der Waals surface area contributed by atoms with Gasteiger partial charge in [0, 0.05) is 12.5 Å². The fourth-order valence-corrected chi connectivity index (χ4v) is 3.33. The molecule has 112 valence electrons. The summed E-state index contributed by atoms with van der Waals surface area (Å²) in [6.45, 7) is 7.77. The molecule has 0 N–H and O–H groups in total. The molecule has 0 amide bonds. The summed E-state index contributed by atoms with van der Waals surface area (Å²) in [6, 6.07) is 6.94. The van der Waals surface area contributed by atoms with Crippen molar-refractivity contribution in [3.05, 3.63) is 35.4 Å². The van der Waals surface area contributed by atoms with Crippen LogP contribution in [0, 0.1) is 17.3 Å². The quantitative estimate of drug-likeness (QED) is 0.639. The molecule has 0 unspecified atom stereocenters. The van der Waals surface area contributed by atoms with Crippen LogP contribution in [-0.4, -0.2) is 0 Å². The van der Waals surface area contributed by atoms with Gasteiger partial charge in [0.15, 0.2) is 0 Å². The van der Waals surface area contributed by atoms with Crippen LogP contribution in [0.4, 0.5) is 8.78 Å². The number of hydrogen-bond acceptors (Lipinski definition) is 0. The molecule has 0 spiro atoms. The number of benzene rings is 1. The molecule has 0 saturated heterocycles. The molecule has 0 nitrogen and oxygen atoms in total. The first-order valence-electron chi connectivity index (χ1n) is 7.69. The molecule has 0 bridgehead atoms. The maximum Gasteiger partial charge on any atom is 0.270 e. The van der Waals surface area contributed by atoms with Crippen molar-refractivity contribution in [2.45, 2.75) is 59.3 Å². The fourth-order valence-electron chi connectivity index (χ4n) is 3.33. The lowest BCUT2D eigenvalue weighted by Gasteiger charge is -2.45. The zero-order valence-electron chi connectivity index (χ0n) is 13.0. The van der Waals surface area contributed by atoms with Crippen molar-refractivity contribution in [1.82, 2.24) is 0 Å². The van der Waals surface area contributed by atoms with Crippen molar-refractivity contribution in [3.63, 3.8) is 0 Å². The molecule has 0 radical (unpaired) electrons. The van der Waals surface area contributed by atoms with Crippen molar-refractivity contribution in [2.24, 2.45) is 17.3 Å². The topological polar surface area (TPSA) is 0 Å². The molecule has 1 aliphatic carbocycles. The van der Waals surface area contributed by atoms with Crippen LogP contribution in [0.15, 0.2) is 24.3 Å². The molecule has 1 aromatic rings. The Kier molecular flexibility index (Phi) is 4.22. The third-order valence-electron chi connectivity index (χ3n) is 5.01. The van der Waals surface area contributed by atoms with Crippen LogP contribution >= 0.6 is 0 Å². The van der Waals surface area contributed by atoms with Crippen LogP contribution < -0.4 is 0 Å². The summed E-state index contributed by atoms with van der Waals surface area (Å²) in [5.74, 6) is -1.13. The zero-order chi connectivity index (χ0) is 15.0. The largest absolute Gasteiger partial charge is 0.270 e. The van der Waals surface area contributed by atoms with Gasteiger partial charge in [-0.25, -0.2) is 8.78 Å². The number of rotatable bonds is 5. The van der Waals surface area contributed by atoms with Gasteiger partial charge in [-0.15, -0.1) is 0 Å². The van der Waals surface area contributed by atoms with E-state index in [1.807, 2.05) is 6.07 Å². The highest BCUT2D eigenvalue weighted by atomic mass is 19.3. The minimum Gasteiger partial charge on any atom is -0.202 e. The third kappa shape index (κ3) is 3.39. The van der Waals surface area contributed by atoms with Gasteiger partial charge in [-0.2, -0.15) is 0 Å². The molecule has 20 heavy (non-hydrogen) atoms. The minimum absolute atomic E-state index is 0.130. The molecule has 1 saturated carbocycles. The van der Waals surface area contributed by atoms with Gasteiger partial charge in [0.05, 0.1) is 0 Å². The van der Waals surface area contributed by atoms with Crippen molar-refractivity contribution in [3.8, 4) is 0 Å². The molecule has 0 aliphatic heterocycles. The van der Waals surface area contributed by atoms with Crippen molar-refractivity contribution in [2.75, 3.05) is 0 Å². The second kappa shape index (κ2) is 5.46. The van der Waals surface area contributed by atoms with Crippen LogP contribution in [0.25, 0.3) is 0 Å². The summed E-state index contributed by atoms with van der Waals surface area (Å²) >= 11 is 0. The van der Waals surface area contributed by atoms with Crippen LogP contribution in [0.5, 0.6) is 0 Å². The molecular formula is C18H26F2. The monoisotopic (exact) mass is 280 g/mol. The van der Waals surface area contributed by atoms with Crippen molar-refractivity contribution in [1.29, 1.82) is 0 Å². The molecule has 0 atom stereocenters. The summed E-state index contributed by atoms with van der Waals surface area (Å²) in [5.41, 5.74) is 1.37. The van der Waals surface area contributed by atoms with E-state index < -0.39 is 5.92 Å². The third-order valence-corrected chi connectivity index (χ3v) is 5.01. The van der Waals surface area contributed by atoms with E-state index in [9.17, 15) is 8.78 Å². The lowest BCUT2D eigenvalue weighted by molar-refractivity contribution is 0.0172. The molecule has 1 fully saturated rings. The van der Waals surface area contributed by atoms with Gasteiger partial charge >= 0.3 is 0 Å². The highest BCUT2D eigenvalue weighted by Crippen LogP contribution is 2.48. The average molecular weight is 280 g/mol. The van der Waals surface area contributed by atoms with Gasteiger partial charge < -0.3 is 0 Å². The SMILES string of the molecule is CCC1CC(C(C)(C)Cc2cccc(C(C)(F)F)c2)C1. The minimum atomic E-state index is -2.75. The Balaban J connectivity index is 2.06. The van der Waals surface area contributed by atoms with Gasteiger partial charge in [0.25, 0.3) is 5.92 Å². The number of halogens is 2. The summed E-state index contributed by atoms with van der Waals surface area (Å²) in [5, 5.41) is 0. The second-order valence-electron chi connectivity index (χ2n) is 7.20. The first-order valence-corrected chi connectivity index (χ1v) is 7.69. The van der Waals surface area contributed by atoms with E-state index in [0.29, 0.717) is 0 Å². The average Bonchev–Trinajstić information content (AvgIpc) is 2.25. The van der Waals surface area contributed by atoms with E-state index in [1.165, 1.54) is 25.3 Å². The Morgan fingerprint density at radius 2 is 1.80 bits per heavy atom. The van der Waals surface area contributed by atoms with Gasteiger partial charge in [-0.3, -0.25) is 0 Å². The molecule has 2 heteroatoms. The van der Waals surface area contributed by atoms with E-state index in [2.05, 4.69) is 20.8 Å². The lowest BCUT2D eigenvalue weighted by Crippen LogP contribution is -2.37. The molecule has 2 rings (SSSR count). The molecule has 1 aromatic carbocycles. The van der Waals surface area contributed by atoms with Crippen LogP contribution in [0.3, 0.4) is 0 Å². The van der Waals surface area contributed by atoms with Crippen LogP contribution in [-0.2, 0) is 12.3 Å². The van der Waals surface area contributed by atoms with Crippen molar-refractivity contribution >= 4 is 0 Å². The van der Waals surface area contributed by atoms with Crippen molar-refractivity contribution < 1.29 is 8.78 Å². The first kappa shape index (κ1) is 15.5. The first-order chi connectivity index (χ1) is 9.22. The highest BCUT2D eigenvalue weighted by Gasteiger charge is 2.39. The normalized spacial score (nSPS) is 23.5. The number of alkyl halides is 2. The highest BCUT2D eigenvalue weighted by molar-refractivity contribution is 5.27. The molecule has 0 aromatic heterocycles. The zero-order valence-corrected chi connectivity index (χ0v) is 13.0. The second-order valence-corrected chi connectivity index (χ2v) is 7.20. The Bertz CT molecular complexity index is 451. The van der Waals surface area contributed by atoms with Gasteiger partial charge in [-0.1, -0.05) is 45.4 Å². The fraction of sp³-hybridized carbons (Fsp3) is 0.667. The van der Waals surface area contributed by atoms with E-state index in [0.717, 1.165) is 30.7 Å². The summed E-state index contributed by atoms with van der Waals surface area (Å²) in [4.78, 5) is 0. The Labute approximate surface area is 121 Å². The van der Waals surface area contributed by atoms with Gasteiger partial charge in [0.1, 0.15) is 0 Å².